The molecule has 1 aliphatic heterocycles. The molecule has 1 aromatic carbocycles. The molecule has 0 spiro atoms. The summed E-state index contributed by atoms with van der Waals surface area (Å²) in [5.74, 6) is -0.473. The number of hydrogen-bond donors (Lipinski definition) is 1. The number of hydrogen-bond acceptors (Lipinski definition) is 5. The predicted octanol–water partition coefficient (Wildman–Crippen LogP) is 2.02. The summed E-state index contributed by atoms with van der Waals surface area (Å²) < 4.78 is 26.7. The maximum absolute atomic E-state index is 12.6. The highest BCUT2D eigenvalue weighted by atomic mass is 32.2. The zero-order valence-corrected chi connectivity index (χ0v) is 15.2. The predicted molar refractivity (Wildman–Crippen MR) is 98.3 cm³/mol. The molecule has 1 amide bonds. The number of benzene rings is 1. The van der Waals surface area contributed by atoms with E-state index < -0.39 is 15.9 Å². The van der Waals surface area contributed by atoms with Crippen LogP contribution in [0.5, 0.6) is 0 Å². The maximum Gasteiger partial charge on any atom is 0.271 e. The number of nitrogens with zero attached hydrogens (tertiary/aromatic N) is 3. The van der Waals surface area contributed by atoms with Gasteiger partial charge in [-0.05, 0) is 50.1 Å². The Balaban J connectivity index is 1.76. The van der Waals surface area contributed by atoms with E-state index in [0.717, 1.165) is 12.8 Å². The number of rotatable bonds is 5. The Hall–Kier alpha value is -2.58. The highest BCUT2D eigenvalue weighted by Crippen LogP contribution is 2.21. The van der Waals surface area contributed by atoms with Gasteiger partial charge in [-0.2, -0.15) is 9.41 Å². The van der Waals surface area contributed by atoms with Crippen molar-refractivity contribution in [3.8, 4) is 0 Å². The van der Waals surface area contributed by atoms with Crippen molar-refractivity contribution in [3.05, 3.63) is 59.9 Å². The van der Waals surface area contributed by atoms with Crippen molar-refractivity contribution in [2.24, 2.45) is 5.10 Å². The quantitative estimate of drug-likeness (QED) is 0.642. The molecule has 1 fully saturated rings. The Morgan fingerprint density at radius 2 is 1.92 bits per heavy atom. The number of hydrazone groups is 1. The maximum atomic E-state index is 12.6. The van der Waals surface area contributed by atoms with Gasteiger partial charge < -0.3 is 0 Å². The van der Waals surface area contributed by atoms with Crippen LogP contribution in [0.2, 0.25) is 0 Å². The number of amides is 1. The molecule has 0 saturated carbocycles. The van der Waals surface area contributed by atoms with Crippen LogP contribution in [0, 0.1) is 0 Å². The fourth-order valence-electron chi connectivity index (χ4n) is 2.71. The van der Waals surface area contributed by atoms with E-state index >= 15 is 0 Å². The van der Waals surface area contributed by atoms with Crippen LogP contribution in [0.1, 0.15) is 35.8 Å². The largest absolute Gasteiger partial charge is 0.271 e. The molecule has 1 aromatic heterocycles. The zero-order valence-electron chi connectivity index (χ0n) is 14.4. The summed E-state index contributed by atoms with van der Waals surface area (Å²) in [5, 5.41) is 4.03. The molecule has 0 radical (unpaired) electrons. The number of aromatic nitrogens is 1. The highest BCUT2D eigenvalue weighted by Gasteiger charge is 2.27. The van der Waals surface area contributed by atoms with E-state index in [9.17, 15) is 13.2 Å². The van der Waals surface area contributed by atoms with Crippen LogP contribution in [0.4, 0.5) is 0 Å². The van der Waals surface area contributed by atoms with Gasteiger partial charge in [-0.3, -0.25) is 9.78 Å². The van der Waals surface area contributed by atoms with Crippen LogP contribution in [-0.4, -0.2) is 42.4 Å². The van der Waals surface area contributed by atoms with Crippen molar-refractivity contribution in [1.82, 2.24) is 14.7 Å². The smallest absolute Gasteiger partial charge is 0.267 e. The molecular formula is C18H20N4O3S. The van der Waals surface area contributed by atoms with E-state index in [-0.39, 0.29) is 10.5 Å². The summed E-state index contributed by atoms with van der Waals surface area (Å²) in [6.45, 7) is 2.77. The topological polar surface area (TPSA) is 91.7 Å². The lowest BCUT2D eigenvalue weighted by Crippen LogP contribution is -2.28. The second kappa shape index (κ2) is 7.76. The molecule has 0 bridgehead atoms. The summed E-state index contributed by atoms with van der Waals surface area (Å²) in [6.07, 6.45) is 3.37. The van der Waals surface area contributed by atoms with Crippen LogP contribution in [0.25, 0.3) is 0 Å². The van der Waals surface area contributed by atoms with Gasteiger partial charge in [0.05, 0.1) is 16.3 Å². The van der Waals surface area contributed by atoms with E-state index in [1.54, 1.807) is 37.4 Å². The minimum Gasteiger partial charge on any atom is -0.267 e. The standard InChI is InChI=1S/C18H20N4O3S/c1-14(17-9-2-3-10-19-17)20-21-18(23)15-7-6-8-16(13-15)26(24,25)22-11-4-5-12-22/h2-3,6-10,13H,4-5,11-12H2,1H3,(H,21,23). The van der Waals surface area contributed by atoms with Crippen LogP contribution >= 0.6 is 0 Å². The van der Waals surface area contributed by atoms with Gasteiger partial charge in [0.1, 0.15) is 0 Å². The molecule has 7 nitrogen and oxygen atoms in total. The SMILES string of the molecule is CC(=NNC(=O)c1cccc(S(=O)(=O)N2CCCC2)c1)c1ccccn1. The van der Waals surface area contributed by atoms with Crippen LogP contribution < -0.4 is 5.43 Å². The third-order valence-electron chi connectivity index (χ3n) is 4.16. The van der Waals surface area contributed by atoms with Gasteiger partial charge in [0.15, 0.2) is 0 Å². The van der Waals surface area contributed by atoms with Gasteiger partial charge in [-0.1, -0.05) is 12.1 Å². The first-order valence-electron chi connectivity index (χ1n) is 8.35. The third-order valence-corrected chi connectivity index (χ3v) is 6.05. The molecule has 0 unspecified atom stereocenters. The van der Waals surface area contributed by atoms with E-state index in [0.29, 0.717) is 24.5 Å². The van der Waals surface area contributed by atoms with Gasteiger partial charge in [-0.25, -0.2) is 13.8 Å². The first kappa shape index (κ1) is 18.2. The molecule has 1 saturated heterocycles. The van der Waals surface area contributed by atoms with Gasteiger partial charge >= 0.3 is 0 Å². The van der Waals surface area contributed by atoms with E-state index in [1.165, 1.54) is 16.4 Å². The molecule has 8 heteroatoms. The number of nitrogens with one attached hydrogen (secondary N) is 1. The fraction of sp³-hybridized carbons (Fsp3) is 0.278. The molecular weight excluding hydrogens is 352 g/mol. The van der Waals surface area contributed by atoms with Crippen molar-refractivity contribution >= 4 is 21.6 Å². The van der Waals surface area contributed by atoms with E-state index in [1.807, 2.05) is 6.07 Å². The molecule has 2 heterocycles. The fourth-order valence-corrected chi connectivity index (χ4v) is 4.27. The first-order valence-corrected chi connectivity index (χ1v) is 9.79. The molecule has 0 aliphatic carbocycles. The number of carbonyl (C=O) groups is 1. The minimum atomic E-state index is -3.56. The summed E-state index contributed by atoms with van der Waals surface area (Å²) >= 11 is 0. The summed E-state index contributed by atoms with van der Waals surface area (Å²) in [5.41, 5.74) is 3.89. The van der Waals surface area contributed by atoms with Crippen molar-refractivity contribution < 1.29 is 13.2 Å². The van der Waals surface area contributed by atoms with Gasteiger partial charge in [0.25, 0.3) is 5.91 Å². The Morgan fingerprint density at radius 3 is 2.62 bits per heavy atom. The van der Waals surface area contributed by atoms with Crippen LogP contribution in [-0.2, 0) is 10.0 Å². The average Bonchev–Trinajstić information content (AvgIpc) is 3.22. The zero-order chi connectivity index (χ0) is 18.6. The summed E-state index contributed by atoms with van der Waals surface area (Å²) in [7, 11) is -3.56. The van der Waals surface area contributed by atoms with Crippen molar-refractivity contribution in [2.45, 2.75) is 24.7 Å². The Kier molecular flexibility index (Phi) is 5.43. The van der Waals surface area contributed by atoms with E-state index in [2.05, 4.69) is 15.5 Å². The van der Waals surface area contributed by atoms with Gasteiger partial charge in [-0.15, -0.1) is 0 Å². The lowest BCUT2D eigenvalue weighted by molar-refractivity contribution is 0.0954. The molecule has 136 valence electrons. The first-order chi connectivity index (χ1) is 12.5. The lowest BCUT2D eigenvalue weighted by Gasteiger charge is -2.15. The third kappa shape index (κ3) is 3.97. The number of sulfonamides is 1. The second-order valence-electron chi connectivity index (χ2n) is 5.99. The van der Waals surface area contributed by atoms with Crippen molar-refractivity contribution in [3.63, 3.8) is 0 Å². The molecule has 1 N–H and O–H groups in total. The number of pyridine rings is 1. The molecule has 1 aliphatic rings. The second-order valence-corrected chi connectivity index (χ2v) is 7.93. The summed E-state index contributed by atoms with van der Waals surface area (Å²) in [6, 6.07) is 11.4. The van der Waals surface area contributed by atoms with E-state index in [4.69, 9.17) is 0 Å². The average molecular weight is 372 g/mol. The molecule has 2 aromatic rings. The van der Waals surface area contributed by atoms with Crippen LogP contribution in [0.3, 0.4) is 0 Å². The summed E-state index contributed by atoms with van der Waals surface area (Å²) in [4.78, 5) is 16.6. The lowest BCUT2D eigenvalue weighted by atomic mass is 10.2. The Labute approximate surface area is 152 Å². The van der Waals surface area contributed by atoms with Gasteiger partial charge in [0, 0.05) is 24.8 Å². The van der Waals surface area contributed by atoms with Crippen LogP contribution in [0.15, 0.2) is 58.7 Å². The highest BCUT2D eigenvalue weighted by molar-refractivity contribution is 7.89. The molecule has 3 rings (SSSR count). The van der Waals surface area contributed by atoms with Crippen molar-refractivity contribution in [2.75, 3.05) is 13.1 Å². The Bertz CT molecular complexity index is 920. The molecule has 0 atom stereocenters. The Morgan fingerprint density at radius 1 is 1.15 bits per heavy atom. The van der Waals surface area contributed by atoms with Crippen molar-refractivity contribution in [1.29, 1.82) is 0 Å². The van der Waals surface area contributed by atoms with Gasteiger partial charge in [0.2, 0.25) is 10.0 Å². The normalized spacial score (nSPS) is 15.8. The number of carbonyl (C=O) groups excluding carboxylic acids is 1. The minimum absolute atomic E-state index is 0.123. The molecule has 26 heavy (non-hydrogen) atoms. The monoisotopic (exact) mass is 372 g/mol.